The summed E-state index contributed by atoms with van der Waals surface area (Å²) >= 11 is 0. The van der Waals surface area contributed by atoms with Crippen LogP contribution in [0.25, 0.3) is 5.76 Å². The van der Waals surface area contributed by atoms with E-state index in [1.165, 1.54) is 4.90 Å². The number of para-hydroxylation sites is 1. The Morgan fingerprint density at radius 2 is 1.52 bits per heavy atom. The largest absolute Gasteiger partial charge is 0.507 e. The summed E-state index contributed by atoms with van der Waals surface area (Å²) in [5, 5.41) is 11.4. The first-order valence-electron chi connectivity index (χ1n) is 10.8. The van der Waals surface area contributed by atoms with E-state index in [1.54, 1.807) is 13.2 Å². The van der Waals surface area contributed by atoms with Crippen molar-refractivity contribution in [2.75, 3.05) is 12.0 Å². The number of carbonyl (C=O) groups is 2. The minimum Gasteiger partial charge on any atom is -0.507 e. The Kier molecular flexibility index (Phi) is 5.81. The fraction of sp³-hybridized carbons (Fsp3) is 0.214. The van der Waals surface area contributed by atoms with Crippen LogP contribution in [0.5, 0.6) is 5.75 Å². The van der Waals surface area contributed by atoms with Crippen LogP contribution in [0.1, 0.15) is 39.4 Å². The Balaban J connectivity index is 2.05. The van der Waals surface area contributed by atoms with Crippen LogP contribution in [-0.2, 0) is 9.59 Å². The van der Waals surface area contributed by atoms with Gasteiger partial charge < -0.3 is 9.84 Å². The highest BCUT2D eigenvalue weighted by Crippen LogP contribution is 2.46. The van der Waals surface area contributed by atoms with Crippen LogP contribution in [-0.4, -0.2) is 23.9 Å². The summed E-state index contributed by atoms with van der Waals surface area (Å²) in [5.74, 6) is -1.04. The van der Waals surface area contributed by atoms with Gasteiger partial charge in [0.15, 0.2) is 0 Å². The number of methoxy groups -OCH3 is 1. The lowest BCUT2D eigenvalue weighted by Gasteiger charge is -2.28. The number of ether oxygens (including phenoxy) is 1. The molecule has 1 fully saturated rings. The molecule has 0 bridgehead atoms. The summed E-state index contributed by atoms with van der Waals surface area (Å²) in [6, 6.07) is 17.9. The van der Waals surface area contributed by atoms with Gasteiger partial charge in [-0.05, 0) is 62.6 Å². The van der Waals surface area contributed by atoms with Crippen LogP contribution in [0.15, 0.2) is 66.2 Å². The predicted octanol–water partition coefficient (Wildman–Crippen LogP) is 5.56. The number of hydrogen-bond donors (Lipinski definition) is 1. The Morgan fingerprint density at radius 3 is 2.21 bits per heavy atom. The minimum absolute atomic E-state index is 0.0547. The van der Waals surface area contributed by atoms with Crippen molar-refractivity contribution in [3.8, 4) is 5.75 Å². The molecular formula is C28H27NO4. The van der Waals surface area contributed by atoms with Gasteiger partial charge in [-0.3, -0.25) is 14.5 Å². The van der Waals surface area contributed by atoms with Crippen molar-refractivity contribution in [3.63, 3.8) is 0 Å². The highest BCUT2D eigenvalue weighted by atomic mass is 16.5. The Morgan fingerprint density at radius 1 is 0.879 bits per heavy atom. The van der Waals surface area contributed by atoms with Gasteiger partial charge in [-0.1, -0.05) is 48.0 Å². The molecule has 0 aliphatic carbocycles. The summed E-state index contributed by atoms with van der Waals surface area (Å²) in [5.41, 5.74) is 5.43. The highest BCUT2D eigenvalue weighted by Gasteiger charge is 2.48. The first-order chi connectivity index (χ1) is 15.7. The first kappa shape index (κ1) is 22.3. The summed E-state index contributed by atoms with van der Waals surface area (Å²) in [6.45, 7) is 7.63. The number of aliphatic hydroxyl groups is 1. The molecule has 1 amide bonds. The average Bonchev–Trinajstić information content (AvgIpc) is 3.06. The average molecular weight is 442 g/mol. The van der Waals surface area contributed by atoms with E-state index in [0.29, 0.717) is 22.6 Å². The summed E-state index contributed by atoms with van der Waals surface area (Å²) in [7, 11) is 1.55. The van der Waals surface area contributed by atoms with E-state index >= 15 is 0 Å². The second kappa shape index (κ2) is 8.58. The van der Waals surface area contributed by atoms with E-state index in [-0.39, 0.29) is 11.3 Å². The fourth-order valence-corrected chi connectivity index (χ4v) is 4.38. The molecule has 4 rings (SSSR count). The number of amides is 1. The van der Waals surface area contributed by atoms with Gasteiger partial charge in [-0.2, -0.15) is 0 Å². The predicted molar refractivity (Wildman–Crippen MR) is 130 cm³/mol. The normalized spacial score (nSPS) is 17.5. The molecule has 0 spiro atoms. The number of anilines is 1. The van der Waals surface area contributed by atoms with E-state index in [1.807, 2.05) is 82.3 Å². The van der Waals surface area contributed by atoms with Gasteiger partial charge >= 0.3 is 0 Å². The van der Waals surface area contributed by atoms with Crippen molar-refractivity contribution in [1.29, 1.82) is 0 Å². The van der Waals surface area contributed by atoms with Crippen LogP contribution >= 0.6 is 0 Å². The minimum atomic E-state index is -0.832. The molecule has 1 N–H and O–H groups in total. The van der Waals surface area contributed by atoms with Crippen LogP contribution in [0, 0.1) is 27.7 Å². The number of nitrogens with zero attached hydrogens (tertiary/aromatic N) is 1. The number of benzene rings is 3. The number of ketones is 1. The molecule has 3 aromatic rings. The lowest BCUT2D eigenvalue weighted by atomic mass is 9.92. The molecule has 1 aliphatic rings. The van der Waals surface area contributed by atoms with Crippen molar-refractivity contribution in [2.24, 2.45) is 0 Å². The third-order valence-electron chi connectivity index (χ3n) is 6.15. The van der Waals surface area contributed by atoms with E-state index in [2.05, 4.69) is 0 Å². The van der Waals surface area contributed by atoms with Crippen molar-refractivity contribution >= 4 is 23.1 Å². The number of aryl methyl sites for hydroxylation is 4. The smallest absolute Gasteiger partial charge is 0.300 e. The van der Waals surface area contributed by atoms with Crippen molar-refractivity contribution in [2.45, 2.75) is 33.7 Å². The van der Waals surface area contributed by atoms with Crippen LogP contribution in [0.4, 0.5) is 5.69 Å². The Labute approximate surface area is 193 Å². The zero-order valence-corrected chi connectivity index (χ0v) is 19.5. The maximum Gasteiger partial charge on any atom is 0.300 e. The van der Waals surface area contributed by atoms with Crippen molar-refractivity contribution in [1.82, 2.24) is 0 Å². The quantitative estimate of drug-likeness (QED) is 0.327. The molecule has 5 heteroatoms. The van der Waals surface area contributed by atoms with Gasteiger partial charge in [0.05, 0.1) is 18.7 Å². The lowest BCUT2D eigenvalue weighted by molar-refractivity contribution is -0.132. The number of rotatable bonds is 4. The zero-order valence-electron chi connectivity index (χ0n) is 19.5. The topological polar surface area (TPSA) is 66.8 Å². The molecule has 1 aliphatic heterocycles. The van der Waals surface area contributed by atoms with E-state index in [0.717, 1.165) is 22.3 Å². The Bertz CT molecular complexity index is 1300. The van der Waals surface area contributed by atoms with Gasteiger partial charge in [0.1, 0.15) is 11.5 Å². The van der Waals surface area contributed by atoms with Gasteiger partial charge in [0.25, 0.3) is 11.7 Å². The molecule has 1 unspecified atom stereocenters. The first-order valence-corrected chi connectivity index (χ1v) is 10.8. The van der Waals surface area contributed by atoms with Crippen LogP contribution < -0.4 is 9.64 Å². The molecule has 1 atom stereocenters. The van der Waals surface area contributed by atoms with E-state index < -0.39 is 17.7 Å². The highest BCUT2D eigenvalue weighted by molar-refractivity contribution is 6.51. The fourth-order valence-electron chi connectivity index (χ4n) is 4.38. The molecule has 0 saturated carbocycles. The second-order valence-corrected chi connectivity index (χ2v) is 8.52. The lowest BCUT2D eigenvalue weighted by Crippen LogP contribution is -2.30. The number of hydrogen-bond acceptors (Lipinski definition) is 4. The second-order valence-electron chi connectivity index (χ2n) is 8.52. The molecule has 3 aromatic carbocycles. The molecule has 5 nitrogen and oxygen atoms in total. The summed E-state index contributed by atoms with van der Waals surface area (Å²) in [6.07, 6.45) is 0. The van der Waals surface area contributed by atoms with Crippen molar-refractivity contribution in [3.05, 3.63) is 99.6 Å². The SMILES string of the molecule is COc1ccccc1C1/C(=C(\O)c2cc(C)ccc2C)C(=O)C(=O)N1c1cc(C)ccc1C. The number of aliphatic hydroxyl groups excluding tert-OH is 1. The summed E-state index contributed by atoms with van der Waals surface area (Å²) in [4.78, 5) is 28.4. The molecule has 1 saturated heterocycles. The molecule has 0 radical (unpaired) electrons. The maximum atomic E-state index is 13.4. The van der Waals surface area contributed by atoms with E-state index in [4.69, 9.17) is 4.74 Å². The number of carbonyl (C=O) groups excluding carboxylic acids is 2. The van der Waals surface area contributed by atoms with Gasteiger partial charge in [-0.25, -0.2) is 0 Å². The van der Waals surface area contributed by atoms with Gasteiger partial charge in [0, 0.05) is 16.8 Å². The third kappa shape index (κ3) is 3.80. The monoisotopic (exact) mass is 441 g/mol. The zero-order chi connectivity index (χ0) is 23.9. The Hall–Kier alpha value is -3.86. The maximum absolute atomic E-state index is 13.4. The number of Topliss-reactive ketones (excluding diaryl/α,β-unsaturated/α-hetero) is 1. The van der Waals surface area contributed by atoms with E-state index in [9.17, 15) is 14.7 Å². The standard InChI is InChI=1S/C28H27NO4/c1-16-10-12-18(3)21(14-16)26(30)24-25(20-8-6-7-9-23(20)33-5)29(28(32)27(24)31)22-15-17(2)11-13-19(22)4/h6-15,25,30H,1-5H3/b26-24+. The molecular weight excluding hydrogens is 414 g/mol. The third-order valence-corrected chi connectivity index (χ3v) is 6.15. The molecule has 1 heterocycles. The van der Waals surface area contributed by atoms with Crippen LogP contribution in [0.3, 0.4) is 0 Å². The molecule has 33 heavy (non-hydrogen) atoms. The van der Waals surface area contributed by atoms with Gasteiger partial charge in [0.2, 0.25) is 0 Å². The van der Waals surface area contributed by atoms with Crippen molar-refractivity contribution < 1.29 is 19.4 Å². The molecule has 0 aromatic heterocycles. The molecule has 168 valence electrons. The summed E-state index contributed by atoms with van der Waals surface area (Å²) < 4.78 is 5.59. The van der Waals surface area contributed by atoms with Crippen LogP contribution in [0.2, 0.25) is 0 Å². The van der Waals surface area contributed by atoms with Gasteiger partial charge in [-0.15, -0.1) is 0 Å².